The number of amides is 1. The van der Waals surface area contributed by atoms with E-state index in [1.807, 2.05) is 38.1 Å². The molecule has 1 fully saturated rings. The zero-order chi connectivity index (χ0) is 21.5. The molecule has 0 bridgehead atoms. The SMILES string of the molecule is CCOc1ccc(N=C2S/C(=C/c3ccc(OCC(=O)O)cc3)C(=O)N2CC)cc1. The van der Waals surface area contributed by atoms with Crippen molar-refractivity contribution >= 4 is 40.6 Å². The van der Waals surface area contributed by atoms with Crippen molar-refractivity contribution in [3.05, 3.63) is 59.0 Å². The summed E-state index contributed by atoms with van der Waals surface area (Å²) in [5.41, 5.74) is 1.56. The molecule has 0 unspecified atom stereocenters. The van der Waals surface area contributed by atoms with E-state index >= 15 is 0 Å². The van der Waals surface area contributed by atoms with Crippen molar-refractivity contribution in [3.8, 4) is 11.5 Å². The molecule has 2 aromatic rings. The van der Waals surface area contributed by atoms with E-state index in [1.165, 1.54) is 11.8 Å². The molecular formula is C22H22N2O5S. The molecule has 0 aromatic heterocycles. The molecule has 0 radical (unpaired) electrons. The minimum absolute atomic E-state index is 0.0987. The number of carboxylic acids is 1. The van der Waals surface area contributed by atoms with Crippen LogP contribution in [0.4, 0.5) is 5.69 Å². The number of thioether (sulfide) groups is 1. The number of rotatable bonds is 8. The molecular weight excluding hydrogens is 404 g/mol. The average molecular weight is 426 g/mol. The lowest BCUT2D eigenvalue weighted by Gasteiger charge is -2.12. The second-order valence-electron chi connectivity index (χ2n) is 6.23. The Bertz CT molecular complexity index is 968. The fraction of sp³-hybridized carbons (Fsp3) is 0.227. The Balaban J connectivity index is 1.77. The van der Waals surface area contributed by atoms with E-state index in [4.69, 9.17) is 14.6 Å². The van der Waals surface area contributed by atoms with E-state index in [2.05, 4.69) is 4.99 Å². The first kappa shape index (κ1) is 21.4. The molecule has 1 saturated heterocycles. The second kappa shape index (κ2) is 9.98. The van der Waals surface area contributed by atoms with Crippen LogP contribution in [-0.4, -0.2) is 46.8 Å². The summed E-state index contributed by atoms with van der Waals surface area (Å²) in [6.45, 7) is 4.55. The number of likely N-dealkylation sites (N-methyl/N-ethyl adjacent to an activating group) is 1. The fourth-order valence-electron chi connectivity index (χ4n) is 2.72. The molecule has 3 rings (SSSR count). The van der Waals surface area contributed by atoms with Gasteiger partial charge in [-0.1, -0.05) is 12.1 Å². The number of nitrogens with zero attached hydrogens (tertiary/aromatic N) is 2. The van der Waals surface area contributed by atoms with Crippen LogP contribution in [0.3, 0.4) is 0 Å². The number of benzene rings is 2. The molecule has 0 spiro atoms. The monoisotopic (exact) mass is 426 g/mol. The van der Waals surface area contributed by atoms with Gasteiger partial charge in [-0.3, -0.25) is 9.69 Å². The topological polar surface area (TPSA) is 88.4 Å². The summed E-state index contributed by atoms with van der Waals surface area (Å²) in [4.78, 5) is 30.2. The van der Waals surface area contributed by atoms with Crippen LogP contribution in [0, 0.1) is 0 Å². The van der Waals surface area contributed by atoms with Crippen LogP contribution in [0.1, 0.15) is 19.4 Å². The lowest BCUT2D eigenvalue weighted by molar-refractivity contribution is -0.139. The summed E-state index contributed by atoms with van der Waals surface area (Å²) in [5, 5.41) is 9.29. The fourth-order valence-corrected chi connectivity index (χ4v) is 3.78. The van der Waals surface area contributed by atoms with Gasteiger partial charge in [0.15, 0.2) is 11.8 Å². The number of aliphatic carboxylic acids is 1. The highest BCUT2D eigenvalue weighted by atomic mass is 32.2. The summed E-state index contributed by atoms with van der Waals surface area (Å²) in [6.07, 6.45) is 1.79. The number of hydrogen-bond acceptors (Lipinski definition) is 6. The zero-order valence-electron chi connectivity index (χ0n) is 16.7. The summed E-state index contributed by atoms with van der Waals surface area (Å²) in [6, 6.07) is 14.3. The summed E-state index contributed by atoms with van der Waals surface area (Å²) in [7, 11) is 0. The molecule has 0 atom stereocenters. The number of ether oxygens (including phenoxy) is 2. The smallest absolute Gasteiger partial charge is 0.341 e. The maximum Gasteiger partial charge on any atom is 0.341 e. The average Bonchev–Trinajstić information content (AvgIpc) is 3.03. The highest BCUT2D eigenvalue weighted by Crippen LogP contribution is 2.34. The van der Waals surface area contributed by atoms with E-state index in [1.54, 1.807) is 35.2 Å². The molecule has 1 amide bonds. The number of carbonyl (C=O) groups is 2. The quantitative estimate of drug-likeness (QED) is 0.638. The molecule has 1 heterocycles. The maximum atomic E-state index is 12.8. The van der Waals surface area contributed by atoms with Crippen LogP contribution in [0.5, 0.6) is 11.5 Å². The molecule has 1 N–H and O–H groups in total. The van der Waals surface area contributed by atoms with E-state index in [-0.39, 0.29) is 5.91 Å². The molecule has 0 aliphatic carbocycles. The second-order valence-corrected chi connectivity index (χ2v) is 7.24. The Morgan fingerprint density at radius 1 is 1.07 bits per heavy atom. The standard InChI is InChI=1S/C22H22N2O5S/c1-3-24-21(27)19(13-15-5-9-18(10-6-15)29-14-20(25)26)30-22(24)23-16-7-11-17(12-8-16)28-4-2/h5-13H,3-4,14H2,1-2H3,(H,25,26)/b19-13+,23-22?. The number of aliphatic imine (C=N–C) groups is 1. The van der Waals surface area contributed by atoms with Crippen LogP contribution in [-0.2, 0) is 9.59 Å². The Morgan fingerprint density at radius 2 is 1.70 bits per heavy atom. The Kier molecular flexibility index (Phi) is 7.13. The van der Waals surface area contributed by atoms with Crippen LogP contribution >= 0.6 is 11.8 Å². The van der Waals surface area contributed by atoms with Crippen molar-refractivity contribution in [2.24, 2.45) is 4.99 Å². The van der Waals surface area contributed by atoms with Gasteiger partial charge >= 0.3 is 5.97 Å². The Morgan fingerprint density at radius 3 is 2.30 bits per heavy atom. The van der Waals surface area contributed by atoms with Crippen LogP contribution < -0.4 is 9.47 Å². The molecule has 30 heavy (non-hydrogen) atoms. The van der Waals surface area contributed by atoms with Gasteiger partial charge in [-0.05, 0) is 73.6 Å². The van der Waals surface area contributed by atoms with Crippen LogP contribution in [0.2, 0.25) is 0 Å². The van der Waals surface area contributed by atoms with Gasteiger partial charge in [-0.2, -0.15) is 0 Å². The number of amidine groups is 1. The van der Waals surface area contributed by atoms with Crippen molar-refractivity contribution < 1.29 is 24.2 Å². The van der Waals surface area contributed by atoms with Crippen molar-refractivity contribution in [2.75, 3.05) is 19.8 Å². The zero-order valence-corrected chi connectivity index (χ0v) is 17.5. The van der Waals surface area contributed by atoms with Gasteiger partial charge in [0.25, 0.3) is 5.91 Å². The first-order valence-electron chi connectivity index (χ1n) is 9.47. The van der Waals surface area contributed by atoms with Gasteiger partial charge in [-0.25, -0.2) is 9.79 Å². The van der Waals surface area contributed by atoms with Crippen LogP contribution in [0.15, 0.2) is 58.4 Å². The molecule has 0 saturated carbocycles. The summed E-state index contributed by atoms with van der Waals surface area (Å²) >= 11 is 1.32. The first-order chi connectivity index (χ1) is 14.5. The molecule has 8 heteroatoms. The predicted molar refractivity (Wildman–Crippen MR) is 117 cm³/mol. The Hall–Kier alpha value is -3.26. The van der Waals surface area contributed by atoms with E-state index in [0.29, 0.717) is 29.0 Å². The third-order valence-electron chi connectivity index (χ3n) is 4.12. The number of hydrogen-bond donors (Lipinski definition) is 1. The van der Waals surface area contributed by atoms with Crippen LogP contribution in [0.25, 0.3) is 6.08 Å². The lowest BCUT2D eigenvalue weighted by Crippen LogP contribution is -2.28. The largest absolute Gasteiger partial charge is 0.494 e. The molecule has 156 valence electrons. The normalized spacial score (nSPS) is 16.3. The number of carboxylic acid groups (broad SMARTS) is 1. The molecule has 1 aliphatic rings. The third kappa shape index (κ3) is 5.42. The lowest BCUT2D eigenvalue weighted by atomic mass is 10.2. The van der Waals surface area contributed by atoms with Crippen molar-refractivity contribution in [1.82, 2.24) is 4.90 Å². The van der Waals surface area contributed by atoms with Gasteiger partial charge in [0.2, 0.25) is 0 Å². The van der Waals surface area contributed by atoms with Gasteiger partial charge in [0, 0.05) is 6.54 Å². The summed E-state index contributed by atoms with van der Waals surface area (Å²) < 4.78 is 10.6. The van der Waals surface area contributed by atoms with Gasteiger partial charge in [0.05, 0.1) is 17.2 Å². The van der Waals surface area contributed by atoms with Gasteiger partial charge in [0.1, 0.15) is 11.5 Å². The van der Waals surface area contributed by atoms with E-state index in [9.17, 15) is 9.59 Å². The van der Waals surface area contributed by atoms with Crippen molar-refractivity contribution in [1.29, 1.82) is 0 Å². The van der Waals surface area contributed by atoms with Crippen molar-refractivity contribution in [3.63, 3.8) is 0 Å². The molecule has 7 nitrogen and oxygen atoms in total. The number of carbonyl (C=O) groups excluding carboxylic acids is 1. The first-order valence-corrected chi connectivity index (χ1v) is 10.3. The Labute approximate surface area is 179 Å². The summed E-state index contributed by atoms with van der Waals surface area (Å²) in [5.74, 6) is 0.102. The van der Waals surface area contributed by atoms with E-state index < -0.39 is 12.6 Å². The van der Waals surface area contributed by atoms with Gasteiger partial charge in [-0.15, -0.1) is 0 Å². The minimum Gasteiger partial charge on any atom is -0.494 e. The molecule has 2 aromatic carbocycles. The van der Waals surface area contributed by atoms with E-state index in [0.717, 1.165) is 17.0 Å². The maximum absolute atomic E-state index is 12.8. The highest BCUT2D eigenvalue weighted by molar-refractivity contribution is 8.18. The van der Waals surface area contributed by atoms with Gasteiger partial charge < -0.3 is 14.6 Å². The molecule has 1 aliphatic heterocycles. The third-order valence-corrected chi connectivity index (χ3v) is 5.12. The van der Waals surface area contributed by atoms with Crippen molar-refractivity contribution in [2.45, 2.75) is 13.8 Å². The predicted octanol–water partition coefficient (Wildman–Crippen LogP) is 4.17. The highest BCUT2D eigenvalue weighted by Gasteiger charge is 2.32. The minimum atomic E-state index is -1.03.